The molecular formula is C16H22F2N4O. The molecule has 0 radical (unpaired) electrons. The molecule has 0 bridgehead atoms. The Morgan fingerprint density at radius 3 is 2.70 bits per heavy atom. The van der Waals surface area contributed by atoms with E-state index in [1.165, 1.54) is 6.20 Å². The second kappa shape index (κ2) is 5.26. The largest absolute Gasteiger partial charge is 0.364 e. The Kier molecular flexibility index (Phi) is 3.44. The van der Waals surface area contributed by atoms with Crippen LogP contribution in [0, 0.1) is 17.8 Å². The van der Waals surface area contributed by atoms with Crippen LogP contribution in [0.1, 0.15) is 47.9 Å². The first kappa shape index (κ1) is 15.1. The third-order valence-electron chi connectivity index (χ3n) is 5.93. The van der Waals surface area contributed by atoms with Gasteiger partial charge in [0.2, 0.25) is 0 Å². The average molecular weight is 324 g/mol. The number of hydrogen-bond acceptors (Lipinski definition) is 3. The number of halogens is 2. The van der Waals surface area contributed by atoms with E-state index in [9.17, 15) is 13.6 Å². The SMILES string of the molecule is NC(=O)c1cnc(C2CCN(CC3C4CCC(F)(F)C43)CC2)[nH]1. The lowest BCUT2D eigenvalue weighted by Crippen LogP contribution is -2.36. The fourth-order valence-electron chi connectivity index (χ4n) is 4.60. The van der Waals surface area contributed by atoms with Crippen LogP contribution in [0.3, 0.4) is 0 Å². The summed E-state index contributed by atoms with van der Waals surface area (Å²) in [4.78, 5) is 20.7. The molecule has 2 aliphatic carbocycles. The number of aromatic nitrogens is 2. The molecule has 4 rings (SSSR count). The molecule has 1 aromatic rings. The lowest BCUT2D eigenvalue weighted by Gasteiger charge is -2.31. The number of carbonyl (C=O) groups is 1. The Labute approximate surface area is 133 Å². The summed E-state index contributed by atoms with van der Waals surface area (Å²) in [6.07, 6.45) is 4.13. The van der Waals surface area contributed by atoms with Crippen molar-refractivity contribution in [3.05, 3.63) is 17.7 Å². The Balaban J connectivity index is 1.29. The number of amides is 1. The molecule has 1 amide bonds. The first-order valence-corrected chi connectivity index (χ1v) is 8.40. The molecule has 3 N–H and O–H groups in total. The maximum Gasteiger partial charge on any atom is 0.266 e. The van der Waals surface area contributed by atoms with Crippen LogP contribution < -0.4 is 5.73 Å². The topological polar surface area (TPSA) is 75.0 Å². The molecule has 1 saturated heterocycles. The monoisotopic (exact) mass is 324 g/mol. The number of imidazole rings is 1. The van der Waals surface area contributed by atoms with Crippen molar-refractivity contribution in [1.29, 1.82) is 0 Å². The second-order valence-electron chi connectivity index (χ2n) is 7.27. The number of rotatable bonds is 4. The van der Waals surface area contributed by atoms with E-state index in [1.54, 1.807) is 0 Å². The predicted molar refractivity (Wildman–Crippen MR) is 80.2 cm³/mol. The van der Waals surface area contributed by atoms with Crippen molar-refractivity contribution in [2.24, 2.45) is 23.5 Å². The zero-order valence-electron chi connectivity index (χ0n) is 13.0. The molecule has 5 nitrogen and oxygen atoms in total. The minimum Gasteiger partial charge on any atom is -0.364 e. The van der Waals surface area contributed by atoms with E-state index < -0.39 is 11.8 Å². The van der Waals surface area contributed by atoms with Gasteiger partial charge in [0.25, 0.3) is 11.8 Å². The zero-order valence-corrected chi connectivity index (χ0v) is 13.0. The van der Waals surface area contributed by atoms with Crippen molar-refractivity contribution in [3.63, 3.8) is 0 Å². The molecule has 3 atom stereocenters. The highest BCUT2D eigenvalue weighted by Gasteiger charge is 2.67. The van der Waals surface area contributed by atoms with Crippen molar-refractivity contribution in [3.8, 4) is 0 Å². The molecule has 2 saturated carbocycles. The summed E-state index contributed by atoms with van der Waals surface area (Å²) in [5, 5.41) is 0. The molecule has 126 valence electrons. The Morgan fingerprint density at radius 2 is 2.13 bits per heavy atom. The fourth-order valence-corrected chi connectivity index (χ4v) is 4.60. The highest BCUT2D eigenvalue weighted by atomic mass is 19.3. The molecule has 3 fully saturated rings. The van der Waals surface area contributed by atoms with Gasteiger partial charge in [0.1, 0.15) is 11.5 Å². The normalized spacial score (nSPS) is 33.6. The van der Waals surface area contributed by atoms with Crippen molar-refractivity contribution < 1.29 is 13.6 Å². The Bertz CT molecular complexity index is 609. The van der Waals surface area contributed by atoms with Gasteiger partial charge in [-0.3, -0.25) is 4.79 Å². The maximum atomic E-state index is 13.7. The molecule has 0 spiro atoms. The fraction of sp³-hybridized carbons (Fsp3) is 0.750. The first-order valence-electron chi connectivity index (χ1n) is 8.40. The van der Waals surface area contributed by atoms with E-state index >= 15 is 0 Å². The number of hydrogen-bond donors (Lipinski definition) is 2. The molecule has 23 heavy (non-hydrogen) atoms. The molecule has 1 aromatic heterocycles. The summed E-state index contributed by atoms with van der Waals surface area (Å²) in [5.74, 6) is -1.72. The van der Waals surface area contributed by atoms with E-state index in [1.807, 2.05) is 0 Å². The van der Waals surface area contributed by atoms with Crippen molar-refractivity contribution in [1.82, 2.24) is 14.9 Å². The van der Waals surface area contributed by atoms with Crippen LogP contribution in [0.15, 0.2) is 6.20 Å². The van der Waals surface area contributed by atoms with E-state index in [-0.39, 0.29) is 24.2 Å². The van der Waals surface area contributed by atoms with Gasteiger partial charge < -0.3 is 15.6 Å². The van der Waals surface area contributed by atoms with Gasteiger partial charge in [-0.25, -0.2) is 13.8 Å². The van der Waals surface area contributed by atoms with Crippen LogP contribution >= 0.6 is 0 Å². The maximum absolute atomic E-state index is 13.7. The van der Waals surface area contributed by atoms with Gasteiger partial charge >= 0.3 is 0 Å². The lowest BCUT2D eigenvalue weighted by atomic mass is 9.95. The number of likely N-dealkylation sites (tertiary alicyclic amines) is 1. The minimum absolute atomic E-state index is 0.0849. The minimum atomic E-state index is -2.42. The van der Waals surface area contributed by atoms with Gasteiger partial charge in [-0.2, -0.15) is 0 Å². The van der Waals surface area contributed by atoms with Crippen molar-refractivity contribution in [2.45, 2.75) is 37.5 Å². The number of piperidine rings is 1. The predicted octanol–water partition coefficient (Wildman–Crippen LogP) is 1.98. The average Bonchev–Trinajstić information content (AvgIpc) is 2.86. The summed E-state index contributed by atoms with van der Waals surface area (Å²) < 4.78 is 27.3. The van der Waals surface area contributed by atoms with Crippen LogP contribution in [-0.2, 0) is 0 Å². The number of nitrogens with one attached hydrogen (secondary N) is 1. The Hall–Kier alpha value is -1.50. The van der Waals surface area contributed by atoms with E-state index in [2.05, 4.69) is 14.9 Å². The third kappa shape index (κ3) is 2.65. The number of nitrogens with two attached hydrogens (primary N) is 1. The van der Waals surface area contributed by atoms with Crippen LogP contribution in [0.2, 0.25) is 0 Å². The van der Waals surface area contributed by atoms with Gasteiger partial charge in [0.15, 0.2) is 0 Å². The van der Waals surface area contributed by atoms with Crippen LogP contribution in [0.5, 0.6) is 0 Å². The number of carbonyl (C=O) groups excluding carboxylic acids is 1. The standard InChI is InChI=1S/C16H22F2N4O/c17-16(18)4-1-10-11(13(10)16)8-22-5-2-9(3-6-22)15-20-7-12(21-15)14(19)23/h7,9-11,13H,1-6,8H2,(H2,19,23)(H,20,21). The van der Waals surface area contributed by atoms with Crippen molar-refractivity contribution >= 4 is 5.91 Å². The molecule has 2 heterocycles. The van der Waals surface area contributed by atoms with E-state index in [0.29, 0.717) is 18.0 Å². The van der Waals surface area contributed by atoms with Crippen LogP contribution in [0.4, 0.5) is 8.78 Å². The molecule has 7 heteroatoms. The summed E-state index contributed by atoms with van der Waals surface area (Å²) in [5.41, 5.74) is 5.57. The second-order valence-corrected chi connectivity index (χ2v) is 7.27. The molecule has 3 unspecified atom stereocenters. The number of aromatic amines is 1. The first-order chi connectivity index (χ1) is 11.0. The Morgan fingerprint density at radius 1 is 1.39 bits per heavy atom. The molecular weight excluding hydrogens is 302 g/mol. The van der Waals surface area contributed by atoms with Crippen LogP contribution in [0.25, 0.3) is 0 Å². The van der Waals surface area contributed by atoms with Crippen molar-refractivity contribution in [2.75, 3.05) is 19.6 Å². The number of primary amides is 1. The number of fused-ring (bicyclic) bond motifs is 1. The molecule has 1 aliphatic heterocycles. The van der Waals surface area contributed by atoms with Gasteiger partial charge in [0.05, 0.1) is 6.20 Å². The number of alkyl halides is 2. The highest BCUT2D eigenvalue weighted by Crippen LogP contribution is 2.64. The lowest BCUT2D eigenvalue weighted by molar-refractivity contribution is -0.0236. The van der Waals surface area contributed by atoms with E-state index in [0.717, 1.165) is 38.3 Å². The highest BCUT2D eigenvalue weighted by molar-refractivity contribution is 5.90. The quantitative estimate of drug-likeness (QED) is 0.889. The van der Waals surface area contributed by atoms with E-state index in [4.69, 9.17) is 5.73 Å². The summed E-state index contributed by atoms with van der Waals surface area (Å²) in [6, 6.07) is 0. The summed E-state index contributed by atoms with van der Waals surface area (Å²) >= 11 is 0. The molecule has 0 aromatic carbocycles. The van der Waals surface area contributed by atoms with Gasteiger partial charge in [-0.1, -0.05) is 0 Å². The zero-order chi connectivity index (χ0) is 16.2. The van der Waals surface area contributed by atoms with Gasteiger partial charge in [-0.05, 0) is 44.2 Å². The molecule has 3 aliphatic rings. The summed E-state index contributed by atoms with van der Waals surface area (Å²) in [7, 11) is 0. The van der Waals surface area contributed by atoms with Gasteiger partial charge in [-0.15, -0.1) is 0 Å². The number of H-pyrrole nitrogens is 1. The summed E-state index contributed by atoms with van der Waals surface area (Å²) in [6.45, 7) is 2.61. The third-order valence-corrected chi connectivity index (χ3v) is 5.93. The van der Waals surface area contributed by atoms with Crippen LogP contribution in [-0.4, -0.2) is 46.3 Å². The van der Waals surface area contributed by atoms with Gasteiger partial charge in [0, 0.05) is 24.8 Å². The number of nitrogens with zero attached hydrogens (tertiary/aromatic N) is 2. The smallest absolute Gasteiger partial charge is 0.266 e.